The van der Waals surface area contributed by atoms with Crippen molar-refractivity contribution in [3.63, 3.8) is 0 Å². The molecule has 0 bridgehead atoms. The molecule has 0 spiro atoms. The first-order valence-electron chi connectivity index (χ1n) is 6.97. The summed E-state index contributed by atoms with van der Waals surface area (Å²) in [5.41, 5.74) is -1.56. The molecule has 8 heteroatoms. The summed E-state index contributed by atoms with van der Waals surface area (Å²) in [5, 5.41) is 11.7. The number of hydrogen-bond donors (Lipinski definition) is 2. The van der Waals surface area contributed by atoms with Gasteiger partial charge in [-0.1, -0.05) is 12.7 Å². The third kappa shape index (κ3) is 4.50. The highest BCUT2D eigenvalue weighted by atomic mass is 19.4. The lowest BCUT2D eigenvalue weighted by atomic mass is 10.1. The van der Waals surface area contributed by atoms with Crippen LogP contribution < -0.4 is 10.1 Å². The first-order valence-corrected chi connectivity index (χ1v) is 6.97. The average Bonchev–Trinajstić information content (AvgIpc) is 2.53. The maximum Gasteiger partial charge on any atom is 0.416 e. The second-order valence-corrected chi connectivity index (χ2v) is 4.93. The summed E-state index contributed by atoms with van der Waals surface area (Å²) >= 11 is 0. The first-order chi connectivity index (χ1) is 11.7. The second kappa shape index (κ2) is 7.25. The molecule has 0 aliphatic heterocycles. The number of rotatable bonds is 6. The zero-order valence-corrected chi connectivity index (χ0v) is 12.7. The Morgan fingerprint density at radius 2 is 1.92 bits per heavy atom. The predicted octanol–water partition coefficient (Wildman–Crippen LogP) is 4.85. The Hall–Kier alpha value is -3.03. The molecule has 0 heterocycles. The molecule has 0 fully saturated rings. The number of nitrogens with one attached hydrogen (secondary N) is 1. The van der Waals surface area contributed by atoms with Crippen molar-refractivity contribution in [3.05, 3.63) is 66.0 Å². The zero-order chi connectivity index (χ0) is 18.6. The molecule has 2 aromatic carbocycles. The van der Waals surface area contributed by atoms with Crippen molar-refractivity contribution in [2.75, 3.05) is 11.9 Å². The smallest absolute Gasteiger partial charge is 0.416 e. The lowest BCUT2D eigenvalue weighted by Gasteiger charge is -2.16. The van der Waals surface area contributed by atoms with Crippen LogP contribution in [0.5, 0.6) is 5.75 Å². The molecular formula is C17H13F4NO3. The van der Waals surface area contributed by atoms with Crippen LogP contribution in [0.3, 0.4) is 0 Å². The molecule has 0 saturated heterocycles. The summed E-state index contributed by atoms with van der Waals surface area (Å²) in [6, 6.07) is 5.52. The van der Waals surface area contributed by atoms with Crippen LogP contribution in [0.2, 0.25) is 0 Å². The second-order valence-electron chi connectivity index (χ2n) is 4.93. The van der Waals surface area contributed by atoms with Crippen molar-refractivity contribution < 1.29 is 32.2 Å². The Labute approximate surface area is 140 Å². The quantitative estimate of drug-likeness (QED) is 0.574. The lowest BCUT2D eigenvalue weighted by Crippen LogP contribution is -2.09. The molecule has 0 aliphatic rings. The Morgan fingerprint density at radius 1 is 1.20 bits per heavy atom. The number of anilines is 2. The van der Waals surface area contributed by atoms with Gasteiger partial charge in [0, 0.05) is 6.07 Å². The number of aromatic carboxylic acids is 1. The number of carbonyl (C=O) groups is 1. The topological polar surface area (TPSA) is 58.6 Å². The zero-order valence-electron chi connectivity index (χ0n) is 12.7. The van der Waals surface area contributed by atoms with E-state index in [1.165, 1.54) is 12.1 Å². The van der Waals surface area contributed by atoms with Gasteiger partial charge in [0.25, 0.3) is 0 Å². The van der Waals surface area contributed by atoms with Crippen LogP contribution in [-0.4, -0.2) is 17.7 Å². The number of carboxylic acids is 1. The Balaban J connectivity index is 2.48. The number of alkyl halides is 3. The highest BCUT2D eigenvalue weighted by Gasteiger charge is 2.31. The maximum atomic E-state index is 13.4. The fraction of sp³-hybridized carbons (Fsp3) is 0.118. The molecule has 25 heavy (non-hydrogen) atoms. The van der Waals surface area contributed by atoms with E-state index >= 15 is 0 Å². The third-order valence-electron chi connectivity index (χ3n) is 3.15. The van der Waals surface area contributed by atoms with Gasteiger partial charge in [0.2, 0.25) is 0 Å². The van der Waals surface area contributed by atoms with Crippen molar-refractivity contribution in [2.45, 2.75) is 6.18 Å². The molecule has 0 radical (unpaired) electrons. The monoisotopic (exact) mass is 355 g/mol. The van der Waals surface area contributed by atoms with Gasteiger partial charge in [0.15, 0.2) is 0 Å². The standard InChI is InChI=1S/C17H13F4NO3/c1-2-7-25-15-9-11(18)4-6-13(15)22-14-8-10(17(19,20)21)3-5-12(14)16(23)24/h2-6,8-9,22H,1,7H2,(H,23,24). The molecule has 0 aromatic heterocycles. The fourth-order valence-electron chi connectivity index (χ4n) is 2.02. The van der Waals surface area contributed by atoms with Crippen molar-refractivity contribution in [2.24, 2.45) is 0 Å². The van der Waals surface area contributed by atoms with E-state index in [-0.39, 0.29) is 29.3 Å². The van der Waals surface area contributed by atoms with Crippen molar-refractivity contribution in [1.82, 2.24) is 0 Å². The Morgan fingerprint density at radius 3 is 2.52 bits per heavy atom. The molecule has 4 nitrogen and oxygen atoms in total. The van der Waals surface area contributed by atoms with Gasteiger partial charge >= 0.3 is 12.1 Å². The highest BCUT2D eigenvalue weighted by molar-refractivity contribution is 5.95. The summed E-state index contributed by atoms with van der Waals surface area (Å²) in [7, 11) is 0. The van der Waals surface area contributed by atoms with E-state index in [0.29, 0.717) is 12.1 Å². The molecule has 0 aliphatic carbocycles. The van der Waals surface area contributed by atoms with E-state index in [1.54, 1.807) is 0 Å². The van der Waals surface area contributed by atoms with Crippen LogP contribution >= 0.6 is 0 Å². The van der Waals surface area contributed by atoms with Crippen LogP contribution in [0, 0.1) is 5.82 Å². The van der Waals surface area contributed by atoms with Crippen LogP contribution in [0.25, 0.3) is 0 Å². The van der Waals surface area contributed by atoms with E-state index in [2.05, 4.69) is 11.9 Å². The number of carboxylic acid groups (broad SMARTS) is 1. The van der Waals surface area contributed by atoms with Gasteiger partial charge in [-0.05, 0) is 30.3 Å². The van der Waals surface area contributed by atoms with Crippen LogP contribution in [0.1, 0.15) is 15.9 Å². The van der Waals surface area contributed by atoms with E-state index in [9.17, 15) is 22.4 Å². The minimum atomic E-state index is -4.64. The van der Waals surface area contributed by atoms with Gasteiger partial charge in [0.1, 0.15) is 18.2 Å². The van der Waals surface area contributed by atoms with Gasteiger partial charge in [-0.25, -0.2) is 9.18 Å². The average molecular weight is 355 g/mol. The predicted molar refractivity (Wildman–Crippen MR) is 83.8 cm³/mol. The molecule has 0 amide bonds. The highest BCUT2D eigenvalue weighted by Crippen LogP contribution is 2.35. The summed E-state index contributed by atoms with van der Waals surface area (Å²) in [6.45, 7) is 3.48. The molecule has 0 saturated carbocycles. The van der Waals surface area contributed by atoms with E-state index < -0.39 is 23.5 Å². The third-order valence-corrected chi connectivity index (χ3v) is 3.15. The molecule has 2 N–H and O–H groups in total. The Kier molecular flexibility index (Phi) is 5.31. The SMILES string of the molecule is C=CCOc1cc(F)ccc1Nc1cc(C(F)(F)F)ccc1C(=O)O. The van der Waals surface area contributed by atoms with Crippen molar-refractivity contribution >= 4 is 17.3 Å². The summed E-state index contributed by atoms with van der Waals surface area (Å²) in [4.78, 5) is 11.3. The minimum absolute atomic E-state index is 0.00801. The van der Waals surface area contributed by atoms with Crippen LogP contribution in [0.4, 0.5) is 28.9 Å². The van der Waals surface area contributed by atoms with Crippen LogP contribution in [-0.2, 0) is 6.18 Å². The molecule has 132 valence electrons. The lowest BCUT2D eigenvalue weighted by molar-refractivity contribution is -0.137. The number of hydrogen-bond acceptors (Lipinski definition) is 3. The summed E-state index contributed by atoms with van der Waals surface area (Å²) in [5.74, 6) is -2.02. The minimum Gasteiger partial charge on any atom is -0.487 e. The van der Waals surface area contributed by atoms with Gasteiger partial charge in [-0.15, -0.1) is 0 Å². The van der Waals surface area contributed by atoms with E-state index in [4.69, 9.17) is 9.84 Å². The molecule has 2 rings (SSSR count). The van der Waals surface area contributed by atoms with Crippen molar-refractivity contribution in [3.8, 4) is 5.75 Å². The molecule has 2 aromatic rings. The summed E-state index contributed by atoms with van der Waals surface area (Å²) in [6.07, 6.45) is -3.24. The largest absolute Gasteiger partial charge is 0.487 e. The fourth-order valence-corrected chi connectivity index (χ4v) is 2.02. The van der Waals surface area contributed by atoms with Crippen LogP contribution in [0.15, 0.2) is 49.1 Å². The van der Waals surface area contributed by atoms with E-state index in [1.807, 2.05) is 0 Å². The normalized spacial score (nSPS) is 11.0. The van der Waals surface area contributed by atoms with Crippen molar-refractivity contribution in [1.29, 1.82) is 0 Å². The Bertz CT molecular complexity index is 803. The number of ether oxygens (including phenoxy) is 1. The molecule has 0 atom stereocenters. The van der Waals surface area contributed by atoms with Gasteiger partial charge in [0.05, 0.1) is 22.5 Å². The number of benzene rings is 2. The first kappa shape index (κ1) is 18.3. The van der Waals surface area contributed by atoms with Gasteiger partial charge < -0.3 is 15.2 Å². The molecular weight excluding hydrogens is 342 g/mol. The summed E-state index contributed by atoms with van der Waals surface area (Å²) < 4.78 is 57.2. The van der Waals surface area contributed by atoms with Gasteiger partial charge in [-0.3, -0.25) is 0 Å². The molecule has 0 unspecified atom stereocenters. The maximum absolute atomic E-state index is 13.4. The van der Waals surface area contributed by atoms with Gasteiger partial charge in [-0.2, -0.15) is 13.2 Å². The number of halogens is 4. The van der Waals surface area contributed by atoms with E-state index in [0.717, 1.165) is 18.2 Å².